The van der Waals surface area contributed by atoms with Crippen molar-refractivity contribution in [3.63, 3.8) is 0 Å². The van der Waals surface area contributed by atoms with Gasteiger partial charge in [-0.3, -0.25) is 0 Å². The maximum Gasteiger partial charge on any atom is 0.229 e. The monoisotopic (exact) mass is 207 g/mol. The van der Waals surface area contributed by atoms with Gasteiger partial charge in [0, 0.05) is 17.9 Å². The molecule has 2 aliphatic rings. The Labute approximate surface area is 89.2 Å². The molecule has 1 heterocycles. The van der Waals surface area contributed by atoms with Gasteiger partial charge in [-0.2, -0.15) is 4.98 Å². The van der Waals surface area contributed by atoms with Crippen molar-refractivity contribution in [3.8, 4) is 0 Å². The predicted octanol–water partition coefficient (Wildman–Crippen LogP) is 1.79. The fraction of sp³-hybridized carbons (Fsp3) is 0.818. The van der Waals surface area contributed by atoms with Crippen LogP contribution in [0.1, 0.15) is 56.2 Å². The molecule has 4 nitrogen and oxygen atoms in total. The Kier molecular flexibility index (Phi) is 2.06. The van der Waals surface area contributed by atoms with Gasteiger partial charge >= 0.3 is 0 Å². The second-order valence-electron chi connectivity index (χ2n) is 5.08. The van der Waals surface area contributed by atoms with Crippen LogP contribution < -0.4 is 5.73 Å². The first-order chi connectivity index (χ1) is 7.24. The minimum Gasteiger partial charge on any atom is -0.339 e. The molecule has 0 spiro atoms. The Morgan fingerprint density at radius 3 is 2.73 bits per heavy atom. The highest BCUT2D eigenvalue weighted by atomic mass is 16.5. The third-order valence-electron chi connectivity index (χ3n) is 3.72. The van der Waals surface area contributed by atoms with Crippen molar-refractivity contribution < 1.29 is 4.52 Å². The van der Waals surface area contributed by atoms with Crippen LogP contribution in [0.5, 0.6) is 0 Å². The fourth-order valence-electron chi connectivity index (χ4n) is 2.49. The lowest BCUT2D eigenvalue weighted by atomic mass is 10.1. The molecule has 2 aliphatic carbocycles. The number of nitrogens with two attached hydrogens (primary N) is 1. The van der Waals surface area contributed by atoms with Crippen molar-refractivity contribution in [2.24, 2.45) is 11.7 Å². The van der Waals surface area contributed by atoms with Gasteiger partial charge in [0.1, 0.15) is 0 Å². The van der Waals surface area contributed by atoms with Gasteiger partial charge in [-0.1, -0.05) is 12.1 Å². The summed E-state index contributed by atoms with van der Waals surface area (Å²) in [6, 6.07) is 0.324. The first-order valence-corrected chi connectivity index (χ1v) is 5.83. The first kappa shape index (κ1) is 9.33. The first-order valence-electron chi connectivity index (χ1n) is 5.83. The van der Waals surface area contributed by atoms with Crippen LogP contribution in [-0.4, -0.2) is 16.2 Å². The maximum atomic E-state index is 5.87. The van der Waals surface area contributed by atoms with E-state index in [0.717, 1.165) is 36.9 Å². The zero-order valence-electron chi connectivity index (χ0n) is 9.02. The maximum absolute atomic E-state index is 5.87. The smallest absolute Gasteiger partial charge is 0.229 e. The van der Waals surface area contributed by atoms with E-state index in [4.69, 9.17) is 10.3 Å². The van der Waals surface area contributed by atoms with Gasteiger partial charge in [0.15, 0.2) is 5.82 Å². The van der Waals surface area contributed by atoms with E-state index in [2.05, 4.69) is 17.1 Å². The van der Waals surface area contributed by atoms with Crippen molar-refractivity contribution in [1.29, 1.82) is 0 Å². The third-order valence-corrected chi connectivity index (χ3v) is 3.72. The number of hydrogen-bond acceptors (Lipinski definition) is 4. The average Bonchev–Trinajstić information content (AvgIpc) is 2.71. The zero-order valence-corrected chi connectivity index (χ0v) is 9.02. The van der Waals surface area contributed by atoms with Crippen LogP contribution in [0.15, 0.2) is 4.52 Å². The van der Waals surface area contributed by atoms with Crippen molar-refractivity contribution in [2.75, 3.05) is 0 Å². The van der Waals surface area contributed by atoms with Gasteiger partial charge in [-0.15, -0.1) is 0 Å². The second-order valence-corrected chi connectivity index (χ2v) is 5.08. The molecule has 2 fully saturated rings. The summed E-state index contributed by atoms with van der Waals surface area (Å²) >= 11 is 0. The number of rotatable bonds is 2. The van der Waals surface area contributed by atoms with Gasteiger partial charge in [-0.25, -0.2) is 0 Å². The Hall–Kier alpha value is -0.900. The normalized spacial score (nSPS) is 39.6. The standard InChI is InChI=1S/C11H17N3O/c1-6-4-9(6)10-13-11(15-14-10)7-2-3-8(12)5-7/h6-9H,2-5,12H2,1H3. The van der Waals surface area contributed by atoms with Gasteiger partial charge in [0.05, 0.1) is 0 Å². The van der Waals surface area contributed by atoms with E-state index in [0.29, 0.717) is 17.9 Å². The number of nitrogens with zero attached hydrogens (tertiary/aromatic N) is 2. The third kappa shape index (κ3) is 1.67. The van der Waals surface area contributed by atoms with Crippen molar-refractivity contribution in [3.05, 3.63) is 11.7 Å². The van der Waals surface area contributed by atoms with E-state index in [1.54, 1.807) is 0 Å². The average molecular weight is 207 g/mol. The van der Waals surface area contributed by atoms with Crippen LogP contribution in [0.3, 0.4) is 0 Å². The lowest BCUT2D eigenvalue weighted by Crippen LogP contribution is -2.14. The minimum atomic E-state index is 0.324. The summed E-state index contributed by atoms with van der Waals surface area (Å²) in [5.41, 5.74) is 5.87. The van der Waals surface area contributed by atoms with Gasteiger partial charge in [-0.05, 0) is 31.6 Å². The van der Waals surface area contributed by atoms with Crippen LogP contribution in [-0.2, 0) is 0 Å². The van der Waals surface area contributed by atoms with Gasteiger partial charge in [0.2, 0.25) is 5.89 Å². The quantitative estimate of drug-likeness (QED) is 0.803. The summed E-state index contributed by atoms with van der Waals surface area (Å²) in [5.74, 6) is 3.43. The summed E-state index contributed by atoms with van der Waals surface area (Å²) in [6.07, 6.45) is 4.40. The summed E-state index contributed by atoms with van der Waals surface area (Å²) in [7, 11) is 0. The second kappa shape index (κ2) is 3.30. The summed E-state index contributed by atoms with van der Waals surface area (Å²) in [4.78, 5) is 4.51. The molecule has 2 saturated carbocycles. The molecule has 1 aromatic heterocycles. The summed E-state index contributed by atoms with van der Waals surface area (Å²) in [6.45, 7) is 2.23. The minimum absolute atomic E-state index is 0.324. The molecule has 0 radical (unpaired) electrons. The largest absolute Gasteiger partial charge is 0.339 e. The van der Waals surface area contributed by atoms with Crippen LogP contribution in [0.25, 0.3) is 0 Å². The SMILES string of the molecule is CC1CC1c1noc(C2CCC(N)C2)n1. The van der Waals surface area contributed by atoms with E-state index in [1.165, 1.54) is 6.42 Å². The molecule has 2 N–H and O–H groups in total. The molecule has 0 amide bonds. The predicted molar refractivity (Wildman–Crippen MR) is 55.4 cm³/mol. The Balaban J connectivity index is 1.73. The molecule has 0 saturated heterocycles. The molecular weight excluding hydrogens is 190 g/mol. The highest BCUT2D eigenvalue weighted by Crippen LogP contribution is 2.46. The molecular formula is C11H17N3O. The van der Waals surface area contributed by atoms with E-state index in [1.807, 2.05) is 0 Å². The molecule has 1 aromatic rings. The lowest BCUT2D eigenvalue weighted by molar-refractivity contribution is 0.349. The highest BCUT2D eigenvalue weighted by Gasteiger charge is 2.39. The molecule has 15 heavy (non-hydrogen) atoms. The Bertz CT molecular complexity index is 362. The van der Waals surface area contributed by atoms with Crippen molar-refractivity contribution in [1.82, 2.24) is 10.1 Å². The van der Waals surface area contributed by atoms with E-state index in [9.17, 15) is 0 Å². The Morgan fingerprint density at radius 1 is 1.33 bits per heavy atom. The molecule has 0 aliphatic heterocycles. The molecule has 0 bridgehead atoms. The van der Waals surface area contributed by atoms with E-state index < -0.39 is 0 Å². The summed E-state index contributed by atoms with van der Waals surface area (Å²) < 4.78 is 5.33. The van der Waals surface area contributed by atoms with Crippen LogP contribution >= 0.6 is 0 Å². The molecule has 3 rings (SSSR count). The van der Waals surface area contributed by atoms with Crippen molar-refractivity contribution in [2.45, 2.75) is 50.5 Å². The van der Waals surface area contributed by atoms with Crippen LogP contribution in [0, 0.1) is 5.92 Å². The van der Waals surface area contributed by atoms with Crippen molar-refractivity contribution >= 4 is 0 Å². The van der Waals surface area contributed by atoms with Gasteiger partial charge < -0.3 is 10.3 Å². The molecule has 0 aromatic carbocycles. The van der Waals surface area contributed by atoms with Gasteiger partial charge in [0.25, 0.3) is 0 Å². The number of hydrogen-bond donors (Lipinski definition) is 1. The topological polar surface area (TPSA) is 64.9 Å². The van der Waals surface area contributed by atoms with E-state index >= 15 is 0 Å². The molecule has 4 atom stereocenters. The van der Waals surface area contributed by atoms with Crippen LogP contribution in [0.2, 0.25) is 0 Å². The Morgan fingerprint density at radius 2 is 2.13 bits per heavy atom. The highest BCUT2D eigenvalue weighted by molar-refractivity contribution is 5.09. The molecule has 4 unspecified atom stereocenters. The lowest BCUT2D eigenvalue weighted by Gasteiger charge is -2.01. The number of aromatic nitrogens is 2. The molecule has 82 valence electrons. The van der Waals surface area contributed by atoms with E-state index in [-0.39, 0.29) is 0 Å². The summed E-state index contributed by atoms with van der Waals surface area (Å²) in [5, 5.41) is 4.07. The fourth-order valence-corrected chi connectivity index (χ4v) is 2.49. The molecule has 4 heteroatoms. The van der Waals surface area contributed by atoms with Crippen LogP contribution in [0.4, 0.5) is 0 Å². The zero-order chi connectivity index (χ0) is 10.4.